The predicted octanol–water partition coefficient (Wildman–Crippen LogP) is 3.68. The highest BCUT2D eigenvalue weighted by Gasteiger charge is 2.22. The van der Waals surface area contributed by atoms with Crippen LogP contribution < -0.4 is 9.62 Å². The lowest BCUT2D eigenvalue weighted by molar-refractivity contribution is -0.114. The van der Waals surface area contributed by atoms with E-state index in [1.54, 1.807) is 0 Å². The number of hydrogen-bond acceptors (Lipinski definition) is 3. The Morgan fingerprint density at radius 2 is 1.80 bits per heavy atom. The molecule has 2 rings (SSSR count). The Hall–Kier alpha value is -1.90. The first-order valence-corrected chi connectivity index (χ1v) is 9.36. The summed E-state index contributed by atoms with van der Waals surface area (Å²) in [5.41, 5.74) is -0.152. The van der Waals surface area contributed by atoms with Gasteiger partial charge < -0.3 is 5.32 Å². The zero-order valence-electron chi connectivity index (χ0n) is 12.8. The van der Waals surface area contributed by atoms with Gasteiger partial charge in [-0.3, -0.25) is 9.10 Å². The number of rotatable bonds is 5. The molecular formula is C15H12Cl2F2N2O3S. The molecule has 5 nitrogen and oxygen atoms in total. The molecule has 0 aliphatic carbocycles. The Morgan fingerprint density at radius 3 is 2.36 bits per heavy atom. The van der Waals surface area contributed by atoms with Gasteiger partial charge in [-0.25, -0.2) is 17.2 Å². The highest BCUT2D eigenvalue weighted by atomic mass is 35.5. The number of amides is 1. The van der Waals surface area contributed by atoms with Crippen LogP contribution >= 0.6 is 23.2 Å². The van der Waals surface area contributed by atoms with Crippen LogP contribution in [0.3, 0.4) is 0 Å². The van der Waals surface area contributed by atoms with Crippen LogP contribution in [0.5, 0.6) is 0 Å². The quantitative estimate of drug-likeness (QED) is 0.820. The van der Waals surface area contributed by atoms with Gasteiger partial charge in [0.1, 0.15) is 18.2 Å². The van der Waals surface area contributed by atoms with Crippen LogP contribution in [0, 0.1) is 11.6 Å². The number of halogens is 4. The second-order valence-electron chi connectivity index (χ2n) is 5.04. The average molecular weight is 409 g/mol. The maximum atomic E-state index is 13.6. The van der Waals surface area contributed by atoms with Crippen molar-refractivity contribution < 1.29 is 22.0 Å². The van der Waals surface area contributed by atoms with Crippen LogP contribution in [-0.2, 0) is 14.8 Å². The van der Waals surface area contributed by atoms with E-state index in [2.05, 4.69) is 5.32 Å². The molecule has 0 saturated heterocycles. The SMILES string of the molecule is CS(=O)(=O)N(CC(=O)Nc1ccc(F)cc1F)c1ccc(Cl)c(Cl)c1. The van der Waals surface area contributed by atoms with Gasteiger partial charge >= 0.3 is 0 Å². The number of anilines is 2. The zero-order valence-corrected chi connectivity index (χ0v) is 15.1. The Balaban J connectivity index is 2.25. The lowest BCUT2D eigenvalue weighted by atomic mass is 10.3. The summed E-state index contributed by atoms with van der Waals surface area (Å²) in [6, 6.07) is 6.65. The lowest BCUT2D eigenvalue weighted by Crippen LogP contribution is -2.37. The van der Waals surface area contributed by atoms with Crippen LogP contribution in [0.25, 0.3) is 0 Å². The molecule has 0 saturated carbocycles. The molecule has 134 valence electrons. The van der Waals surface area contributed by atoms with E-state index in [1.165, 1.54) is 18.2 Å². The molecule has 0 atom stereocenters. The van der Waals surface area contributed by atoms with Crippen molar-refractivity contribution in [2.75, 3.05) is 22.4 Å². The fourth-order valence-corrected chi connectivity index (χ4v) is 3.09. The Bertz CT molecular complexity index is 923. The number of benzene rings is 2. The average Bonchev–Trinajstić information content (AvgIpc) is 2.49. The van der Waals surface area contributed by atoms with Gasteiger partial charge in [-0.15, -0.1) is 0 Å². The van der Waals surface area contributed by atoms with Gasteiger partial charge in [-0.05, 0) is 30.3 Å². The molecule has 0 fully saturated rings. The number of hydrogen-bond donors (Lipinski definition) is 1. The topological polar surface area (TPSA) is 66.5 Å². The summed E-state index contributed by atoms with van der Waals surface area (Å²) in [6.45, 7) is -0.631. The molecule has 2 aromatic rings. The van der Waals surface area contributed by atoms with Gasteiger partial charge in [0.25, 0.3) is 0 Å². The van der Waals surface area contributed by atoms with Crippen LogP contribution in [0.1, 0.15) is 0 Å². The molecule has 0 aromatic heterocycles. The van der Waals surface area contributed by atoms with Gasteiger partial charge in [0.15, 0.2) is 0 Å². The summed E-state index contributed by atoms with van der Waals surface area (Å²) >= 11 is 11.7. The molecule has 0 aliphatic heterocycles. The standard InChI is InChI=1S/C15H12Cl2F2N2O3S/c1-25(23,24)21(10-3-4-11(16)12(17)7-10)8-15(22)20-14-5-2-9(18)6-13(14)19/h2-7H,8H2,1H3,(H,20,22). The largest absolute Gasteiger partial charge is 0.322 e. The Morgan fingerprint density at radius 1 is 1.12 bits per heavy atom. The number of sulfonamides is 1. The van der Waals surface area contributed by atoms with Crippen molar-refractivity contribution in [1.29, 1.82) is 0 Å². The molecule has 1 N–H and O–H groups in total. The molecule has 25 heavy (non-hydrogen) atoms. The van der Waals surface area contributed by atoms with Crippen LogP contribution in [0.4, 0.5) is 20.2 Å². The second kappa shape index (κ2) is 7.55. The smallest absolute Gasteiger partial charge is 0.245 e. The van der Waals surface area contributed by atoms with Crippen molar-refractivity contribution in [2.45, 2.75) is 0 Å². The van der Waals surface area contributed by atoms with Crippen LogP contribution in [0.15, 0.2) is 36.4 Å². The molecule has 0 aliphatic rings. The Labute approximate surface area is 153 Å². The molecule has 1 amide bonds. The first kappa shape index (κ1) is 19.4. The number of nitrogens with one attached hydrogen (secondary N) is 1. The minimum atomic E-state index is -3.83. The molecule has 0 spiro atoms. The van der Waals surface area contributed by atoms with E-state index < -0.39 is 34.1 Å². The third-order valence-corrected chi connectivity index (χ3v) is 4.96. The van der Waals surface area contributed by atoms with E-state index >= 15 is 0 Å². The van der Waals surface area contributed by atoms with Crippen molar-refractivity contribution in [2.24, 2.45) is 0 Å². The molecular weight excluding hydrogens is 397 g/mol. The summed E-state index contributed by atoms with van der Waals surface area (Å²) in [7, 11) is -3.83. The molecule has 10 heteroatoms. The maximum Gasteiger partial charge on any atom is 0.245 e. The fraction of sp³-hybridized carbons (Fsp3) is 0.133. The number of nitrogens with zero attached hydrogens (tertiary/aromatic N) is 1. The summed E-state index contributed by atoms with van der Waals surface area (Å²) in [5.74, 6) is -2.60. The minimum absolute atomic E-state index is 0.109. The van der Waals surface area contributed by atoms with Crippen molar-refractivity contribution >= 4 is 50.5 Å². The monoisotopic (exact) mass is 408 g/mol. The zero-order chi connectivity index (χ0) is 18.8. The first-order valence-electron chi connectivity index (χ1n) is 6.75. The van der Waals surface area contributed by atoms with Gasteiger partial charge in [0, 0.05) is 6.07 Å². The van der Waals surface area contributed by atoms with Crippen molar-refractivity contribution in [3.63, 3.8) is 0 Å². The van der Waals surface area contributed by atoms with Crippen molar-refractivity contribution in [3.8, 4) is 0 Å². The highest BCUT2D eigenvalue weighted by Crippen LogP contribution is 2.28. The fourth-order valence-electron chi connectivity index (χ4n) is 1.95. The van der Waals surface area contributed by atoms with E-state index in [0.29, 0.717) is 6.07 Å². The summed E-state index contributed by atoms with van der Waals surface area (Å²) in [6.07, 6.45) is 0.904. The number of carbonyl (C=O) groups is 1. The van der Waals surface area contributed by atoms with E-state index in [0.717, 1.165) is 22.7 Å². The normalized spacial score (nSPS) is 11.2. The highest BCUT2D eigenvalue weighted by molar-refractivity contribution is 7.92. The third kappa shape index (κ3) is 5.04. The van der Waals surface area contributed by atoms with E-state index in [9.17, 15) is 22.0 Å². The van der Waals surface area contributed by atoms with Gasteiger partial charge in [0.2, 0.25) is 15.9 Å². The van der Waals surface area contributed by atoms with Crippen molar-refractivity contribution in [1.82, 2.24) is 0 Å². The first-order chi connectivity index (χ1) is 11.6. The summed E-state index contributed by atoms with van der Waals surface area (Å²) in [5, 5.41) is 2.52. The summed E-state index contributed by atoms with van der Waals surface area (Å²) in [4.78, 5) is 12.1. The van der Waals surface area contributed by atoms with Crippen LogP contribution in [0.2, 0.25) is 10.0 Å². The number of carbonyl (C=O) groups excluding carboxylic acids is 1. The van der Waals surface area contributed by atoms with E-state index in [-0.39, 0.29) is 21.4 Å². The van der Waals surface area contributed by atoms with Gasteiger partial charge in [-0.1, -0.05) is 23.2 Å². The predicted molar refractivity (Wildman–Crippen MR) is 93.6 cm³/mol. The molecule has 2 aromatic carbocycles. The van der Waals surface area contributed by atoms with E-state index in [4.69, 9.17) is 23.2 Å². The van der Waals surface area contributed by atoms with E-state index in [1.807, 2.05) is 0 Å². The van der Waals surface area contributed by atoms with Gasteiger partial charge in [-0.2, -0.15) is 0 Å². The molecule has 0 heterocycles. The van der Waals surface area contributed by atoms with Crippen molar-refractivity contribution in [3.05, 3.63) is 58.1 Å². The molecule has 0 bridgehead atoms. The summed E-state index contributed by atoms with van der Waals surface area (Å²) < 4.78 is 51.2. The molecule has 0 radical (unpaired) electrons. The third-order valence-electron chi connectivity index (χ3n) is 3.08. The second-order valence-corrected chi connectivity index (χ2v) is 7.76. The lowest BCUT2D eigenvalue weighted by Gasteiger charge is -2.22. The Kier molecular flexibility index (Phi) is 5.87. The maximum absolute atomic E-state index is 13.6. The minimum Gasteiger partial charge on any atom is -0.322 e. The van der Waals surface area contributed by atoms with Crippen LogP contribution in [-0.4, -0.2) is 27.1 Å². The molecule has 0 unspecified atom stereocenters. The van der Waals surface area contributed by atoms with Gasteiger partial charge in [0.05, 0.1) is 27.7 Å².